The molecule has 1 N–H and O–H groups in total. The smallest absolute Gasteiger partial charge is 0.416 e. The molecule has 0 spiro atoms. The molecule has 0 fully saturated rings. The SMILES string of the molecule is COC(=O)c1c(Nc2cccc(C(F)(F)F)c2)cccc1[N+](=O)[O-]. The van der Waals surface area contributed by atoms with Crippen LogP contribution in [0.25, 0.3) is 0 Å². The lowest BCUT2D eigenvalue weighted by Gasteiger charge is -2.13. The number of nitro benzene ring substituents is 1. The van der Waals surface area contributed by atoms with Gasteiger partial charge < -0.3 is 10.1 Å². The molecule has 0 aliphatic heterocycles. The minimum Gasteiger partial charge on any atom is -0.465 e. The molecular formula is C15H11F3N2O4. The van der Waals surface area contributed by atoms with E-state index in [1.165, 1.54) is 24.3 Å². The maximum Gasteiger partial charge on any atom is 0.416 e. The minimum atomic E-state index is -4.54. The molecule has 0 saturated heterocycles. The van der Waals surface area contributed by atoms with Crippen molar-refractivity contribution < 1.29 is 27.6 Å². The van der Waals surface area contributed by atoms with Crippen molar-refractivity contribution in [3.05, 3.63) is 63.7 Å². The Hall–Kier alpha value is -3.10. The Kier molecular flexibility index (Phi) is 4.72. The summed E-state index contributed by atoms with van der Waals surface area (Å²) in [7, 11) is 1.05. The molecule has 0 aliphatic carbocycles. The Labute approximate surface area is 134 Å². The number of carbonyl (C=O) groups excluding carboxylic acids is 1. The molecule has 0 saturated carbocycles. The fourth-order valence-corrected chi connectivity index (χ4v) is 2.04. The first-order valence-corrected chi connectivity index (χ1v) is 6.54. The maximum absolute atomic E-state index is 12.7. The summed E-state index contributed by atoms with van der Waals surface area (Å²) in [6, 6.07) is 7.98. The third-order valence-corrected chi connectivity index (χ3v) is 3.10. The Balaban J connectivity index is 2.49. The second-order valence-corrected chi connectivity index (χ2v) is 4.65. The van der Waals surface area contributed by atoms with Crippen molar-refractivity contribution in [3.63, 3.8) is 0 Å². The average molecular weight is 340 g/mol. The zero-order valence-corrected chi connectivity index (χ0v) is 12.3. The van der Waals surface area contributed by atoms with Gasteiger partial charge in [0.05, 0.1) is 23.3 Å². The molecule has 6 nitrogen and oxygen atoms in total. The number of rotatable bonds is 4. The van der Waals surface area contributed by atoms with Crippen molar-refractivity contribution in [2.75, 3.05) is 12.4 Å². The molecule has 24 heavy (non-hydrogen) atoms. The lowest BCUT2D eigenvalue weighted by Crippen LogP contribution is -2.10. The van der Waals surface area contributed by atoms with Crippen LogP contribution in [0.15, 0.2) is 42.5 Å². The fourth-order valence-electron chi connectivity index (χ4n) is 2.04. The zero-order valence-electron chi connectivity index (χ0n) is 12.3. The lowest BCUT2D eigenvalue weighted by atomic mass is 10.1. The molecule has 126 valence electrons. The number of anilines is 2. The van der Waals surface area contributed by atoms with Crippen molar-refractivity contribution in [2.24, 2.45) is 0 Å². The molecule has 2 rings (SSSR count). The quantitative estimate of drug-likeness (QED) is 0.514. The second-order valence-electron chi connectivity index (χ2n) is 4.65. The summed E-state index contributed by atoms with van der Waals surface area (Å²) in [6.45, 7) is 0. The molecule has 2 aromatic rings. The fraction of sp³-hybridized carbons (Fsp3) is 0.133. The van der Waals surface area contributed by atoms with Crippen LogP contribution in [0.5, 0.6) is 0 Å². The van der Waals surface area contributed by atoms with Crippen LogP contribution in [0.1, 0.15) is 15.9 Å². The monoisotopic (exact) mass is 340 g/mol. The van der Waals surface area contributed by atoms with Crippen molar-refractivity contribution in [3.8, 4) is 0 Å². The van der Waals surface area contributed by atoms with E-state index in [0.29, 0.717) is 0 Å². The molecule has 0 heterocycles. The predicted molar refractivity (Wildman–Crippen MR) is 79.2 cm³/mol. The molecule has 0 unspecified atom stereocenters. The highest BCUT2D eigenvalue weighted by Gasteiger charge is 2.31. The summed E-state index contributed by atoms with van der Waals surface area (Å²) in [4.78, 5) is 22.1. The summed E-state index contributed by atoms with van der Waals surface area (Å²) >= 11 is 0. The first kappa shape index (κ1) is 17.3. The number of nitro groups is 1. The van der Waals surface area contributed by atoms with Gasteiger partial charge >= 0.3 is 12.1 Å². The molecule has 0 amide bonds. The van der Waals surface area contributed by atoms with E-state index in [2.05, 4.69) is 10.1 Å². The van der Waals surface area contributed by atoms with Gasteiger partial charge in [-0.25, -0.2) is 4.79 Å². The molecule has 0 radical (unpaired) electrons. The number of benzene rings is 2. The number of hydrogen-bond donors (Lipinski definition) is 1. The number of hydrogen-bond acceptors (Lipinski definition) is 5. The van der Waals surface area contributed by atoms with Crippen LogP contribution in [0.3, 0.4) is 0 Å². The Morgan fingerprint density at radius 1 is 1.21 bits per heavy atom. The average Bonchev–Trinajstić information content (AvgIpc) is 2.53. The van der Waals surface area contributed by atoms with Gasteiger partial charge in [0.25, 0.3) is 5.69 Å². The van der Waals surface area contributed by atoms with Crippen LogP contribution in [-0.4, -0.2) is 18.0 Å². The number of nitrogens with zero attached hydrogens (tertiary/aromatic N) is 1. The molecule has 2 aromatic carbocycles. The van der Waals surface area contributed by atoms with Gasteiger partial charge in [-0.15, -0.1) is 0 Å². The highest BCUT2D eigenvalue weighted by atomic mass is 19.4. The van der Waals surface area contributed by atoms with Crippen LogP contribution < -0.4 is 5.32 Å². The Morgan fingerprint density at radius 3 is 2.46 bits per heavy atom. The van der Waals surface area contributed by atoms with E-state index >= 15 is 0 Å². The van der Waals surface area contributed by atoms with Gasteiger partial charge in [-0.05, 0) is 24.3 Å². The minimum absolute atomic E-state index is 0.0236. The number of halogens is 3. The van der Waals surface area contributed by atoms with Crippen molar-refractivity contribution in [2.45, 2.75) is 6.18 Å². The molecule has 0 aromatic heterocycles. The summed E-state index contributed by atoms with van der Waals surface area (Å²) in [5.74, 6) is -0.975. The second kappa shape index (κ2) is 6.57. The van der Waals surface area contributed by atoms with Crippen LogP contribution in [0.4, 0.5) is 30.2 Å². The first-order chi connectivity index (χ1) is 11.2. The topological polar surface area (TPSA) is 81.5 Å². The third kappa shape index (κ3) is 3.62. The first-order valence-electron chi connectivity index (χ1n) is 6.54. The number of alkyl halides is 3. The normalized spacial score (nSPS) is 11.0. The predicted octanol–water partition coefficient (Wildman–Crippen LogP) is 4.14. The molecule has 9 heteroatoms. The van der Waals surface area contributed by atoms with E-state index in [1.807, 2.05) is 0 Å². The molecule has 0 bridgehead atoms. The summed E-state index contributed by atoms with van der Waals surface area (Å²) < 4.78 is 42.8. The van der Waals surface area contributed by atoms with Gasteiger partial charge in [0.15, 0.2) is 5.56 Å². The van der Waals surface area contributed by atoms with E-state index in [4.69, 9.17) is 0 Å². The van der Waals surface area contributed by atoms with Crippen LogP contribution in [0.2, 0.25) is 0 Å². The number of methoxy groups -OCH3 is 1. The van der Waals surface area contributed by atoms with Gasteiger partial charge in [0.2, 0.25) is 0 Å². The van der Waals surface area contributed by atoms with Crippen LogP contribution in [-0.2, 0) is 10.9 Å². The van der Waals surface area contributed by atoms with Crippen molar-refractivity contribution in [1.82, 2.24) is 0 Å². The number of esters is 1. The van der Waals surface area contributed by atoms with E-state index in [9.17, 15) is 28.1 Å². The summed E-state index contributed by atoms with van der Waals surface area (Å²) in [5, 5.41) is 13.6. The number of nitrogens with one attached hydrogen (secondary N) is 1. The standard InChI is InChI=1S/C15H11F3N2O4/c1-24-14(21)13-11(6-3-7-12(13)20(22)23)19-10-5-2-4-9(8-10)15(16,17)18/h2-8,19H,1H3. The van der Waals surface area contributed by atoms with Crippen LogP contribution >= 0.6 is 0 Å². The Morgan fingerprint density at radius 2 is 1.88 bits per heavy atom. The van der Waals surface area contributed by atoms with Gasteiger partial charge in [-0.3, -0.25) is 10.1 Å². The van der Waals surface area contributed by atoms with Gasteiger partial charge in [0, 0.05) is 11.8 Å². The maximum atomic E-state index is 12.7. The highest BCUT2D eigenvalue weighted by molar-refractivity contribution is 6.00. The van der Waals surface area contributed by atoms with E-state index in [1.54, 1.807) is 0 Å². The zero-order chi connectivity index (χ0) is 17.9. The van der Waals surface area contributed by atoms with Crippen molar-refractivity contribution in [1.29, 1.82) is 0 Å². The molecule has 0 aliphatic rings. The largest absolute Gasteiger partial charge is 0.465 e. The summed E-state index contributed by atoms with van der Waals surface area (Å²) in [5.41, 5.74) is -1.79. The van der Waals surface area contributed by atoms with Gasteiger partial charge in [0.1, 0.15) is 0 Å². The van der Waals surface area contributed by atoms with Crippen LogP contribution in [0, 0.1) is 10.1 Å². The number of carbonyl (C=O) groups is 1. The molecule has 0 atom stereocenters. The van der Waals surface area contributed by atoms with E-state index in [0.717, 1.165) is 25.3 Å². The van der Waals surface area contributed by atoms with E-state index < -0.39 is 28.3 Å². The molecular weight excluding hydrogens is 329 g/mol. The lowest BCUT2D eigenvalue weighted by molar-refractivity contribution is -0.385. The van der Waals surface area contributed by atoms with Gasteiger partial charge in [-0.1, -0.05) is 12.1 Å². The van der Waals surface area contributed by atoms with Gasteiger partial charge in [-0.2, -0.15) is 13.2 Å². The van der Waals surface area contributed by atoms with E-state index in [-0.39, 0.29) is 16.9 Å². The van der Waals surface area contributed by atoms with Crippen molar-refractivity contribution >= 4 is 23.0 Å². The Bertz CT molecular complexity index is 791. The number of ether oxygens (including phenoxy) is 1. The highest BCUT2D eigenvalue weighted by Crippen LogP contribution is 2.33. The third-order valence-electron chi connectivity index (χ3n) is 3.10. The summed E-state index contributed by atoms with van der Waals surface area (Å²) in [6.07, 6.45) is -4.54.